The number of rotatable bonds is 0. The van der Waals surface area contributed by atoms with Crippen LogP contribution < -0.4 is 14.1 Å². The second-order valence-electron chi connectivity index (χ2n) is 5.55. The van der Waals surface area contributed by atoms with Crippen molar-refractivity contribution in [3.8, 4) is 11.1 Å². The molecule has 0 aliphatic heterocycles. The fraction of sp³-hybridized carbons (Fsp3) is 0.0455. The van der Waals surface area contributed by atoms with Crippen molar-refractivity contribution in [3.05, 3.63) is 102 Å². The molecule has 4 aromatic carbocycles. The standard InChI is InChI=1S/C13H9.C9H7.3FH.Ti/c1-3-7-12-10(5-1)9-11-6-2-4-8-13(11)12;1-2-5-9-7-3-6-8(9)4-1;;;;/h1-5,7-8H,9H2;1-7H;3*1H;/q2*-1;;;;+3/p-3. The van der Waals surface area contributed by atoms with Gasteiger partial charge in [-0.1, -0.05) is 41.5 Å². The average Bonchev–Trinajstić information content (AvgIpc) is 3.19. The Morgan fingerprint density at radius 1 is 0.731 bits per heavy atom. The molecule has 4 heteroatoms. The van der Waals surface area contributed by atoms with E-state index in [9.17, 15) is 0 Å². The Morgan fingerprint density at radius 3 is 2.23 bits per heavy atom. The van der Waals surface area contributed by atoms with Crippen LogP contribution in [0.2, 0.25) is 0 Å². The van der Waals surface area contributed by atoms with Crippen LogP contribution >= 0.6 is 0 Å². The van der Waals surface area contributed by atoms with Gasteiger partial charge >= 0.3 is 21.7 Å². The summed E-state index contributed by atoms with van der Waals surface area (Å²) in [6.07, 6.45) is 1.05. The van der Waals surface area contributed by atoms with E-state index in [0.29, 0.717) is 0 Å². The van der Waals surface area contributed by atoms with Gasteiger partial charge in [0.05, 0.1) is 0 Å². The molecule has 0 bridgehead atoms. The van der Waals surface area contributed by atoms with Crippen molar-refractivity contribution in [2.24, 2.45) is 0 Å². The van der Waals surface area contributed by atoms with Gasteiger partial charge in [0.15, 0.2) is 0 Å². The van der Waals surface area contributed by atoms with E-state index in [-0.39, 0.29) is 35.8 Å². The normalized spacial score (nSPS) is 9.69. The first kappa shape index (κ1) is 23.8. The summed E-state index contributed by atoms with van der Waals surface area (Å²) in [6, 6.07) is 32.8. The summed E-state index contributed by atoms with van der Waals surface area (Å²) in [6.45, 7) is 0. The molecule has 0 fully saturated rings. The van der Waals surface area contributed by atoms with Crippen LogP contribution in [-0.2, 0) is 28.1 Å². The van der Waals surface area contributed by atoms with Crippen LogP contribution in [0, 0.1) is 6.07 Å². The van der Waals surface area contributed by atoms with Crippen LogP contribution in [0.4, 0.5) is 0 Å². The van der Waals surface area contributed by atoms with E-state index in [4.69, 9.17) is 0 Å². The molecule has 4 aromatic rings. The fourth-order valence-corrected chi connectivity index (χ4v) is 3.07. The number of benzene rings is 3. The summed E-state index contributed by atoms with van der Waals surface area (Å²) in [5.41, 5.74) is 5.51. The smallest absolute Gasteiger partial charge is 1.00 e. The van der Waals surface area contributed by atoms with Crippen molar-refractivity contribution in [2.45, 2.75) is 6.42 Å². The van der Waals surface area contributed by atoms with Crippen molar-refractivity contribution in [2.75, 3.05) is 0 Å². The van der Waals surface area contributed by atoms with Gasteiger partial charge in [-0.3, -0.25) is 0 Å². The summed E-state index contributed by atoms with van der Waals surface area (Å²) >= 11 is 0. The molecule has 0 aromatic heterocycles. The molecule has 0 nitrogen and oxygen atoms in total. The first-order valence-corrected chi connectivity index (χ1v) is 7.60. The molecule has 1 radical (unpaired) electrons. The van der Waals surface area contributed by atoms with Gasteiger partial charge in [0.2, 0.25) is 0 Å². The van der Waals surface area contributed by atoms with Crippen molar-refractivity contribution < 1.29 is 35.8 Å². The van der Waals surface area contributed by atoms with Gasteiger partial charge in [-0.15, -0.1) is 35.2 Å². The van der Waals surface area contributed by atoms with Crippen LogP contribution in [0.5, 0.6) is 0 Å². The van der Waals surface area contributed by atoms with Crippen molar-refractivity contribution in [1.82, 2.24) is 0 Å². The second kappa shape index (κ2) is 10.7. The minimum atomic E-state index is 0. The second-order valence-corrected chi connectivity index (χ2v) is 5.55. The molecule has 0 saturated heterocycles. The summed E-state index contributed by atoms with van der Waals surface area (Å²) in [5.74, 6) is 0. The van der Waals surface area contributed by atoms with E-state index >= 15 is 0 Å². The first-order chi connectivity index (χ1) is 10.9. The number of hydrogen-bond donors (Lipinski definition) is 0. The predicted molar refractivity (Wildman–Crippen MR) is 93.1 cm³/mol. The van der Waals surface area contributed by atoms with Crippen molar-refractivity contribution in [3.63, 3.8) is 0 Å². The fourth-order valence-electron chi connectivity index (χ4n) is 3.07. The number of hydrogen-bond acceptors (Lipinski definition) is 0. The molecule has 0 unspecified atom stereocenters. The van der Waals surface area contributed by atoms with E-state index in [1.54, 1.807) is 0 Å². The molecular formula is C22H16F3Ti-2. The Morgan fingerprint density at radius 2 is 1.42 bits per heavy atom. The van der Waals surface area contributed by atoms with E-state index in [1.165, 1.54) is 33.0 Å². The molecule has 0 spiro atoms. The third-order valence-corrected chi connectivity index (χ3v) is 4.16. The van der Waals surface area contributed by atoms with Gasteiger partial charge < -0.3 is 14.1 Å². The molecule has 0 atom stereocenters. The molecule has 26 heavy (non-hydrogen) atoms. The van der Waals surface area contributed by atoms with E-state index in [1.807, 2.05) is 6.07 Å². The maximum Gasteiger partial charge on any atom is 3.00 e. The number of fused-ring (bicyclic) bond motifs is 4. The topological polar surface area (TPSA) is 0 Å². The molecule has 131 valence electrons. The molecule has 0 amide bonds. The van der Waals surface area contributed by atoms with E-state index in [0.717, 1.165) is 6.42 Å². The van der Waals surface area contributed by atoms with Gasteiger partial charge in [-0.05, 0) is 6.42 Å². The predicted octanol–water partition coefficient (Wildman–Crippen LogP) is -3.37. The number of halogens is 3. The Hall–Kier alpha value is -2.23. The monoisotopic (exact) mass is 385 g/mol. The Balaban J connectivity index is 0.000000436. The molecule has 0 saturated carbocycles. The summed E-state index contributed by atoms with van der Waals surface area (Å²) in [4.78, 5) is 0. The largest absolute Gasteiger partial charge is 3.00 e. The van der Waals surface area contributed by atoms with Gasteiger partial charge in [0.1, 0.15) is 0 Å². The zero-order valence-corrected chi connectivity index (χ0v) is 15.5. The first-order valence-electron chi connectivity index (χ1n) is 7.60. The molecule has 1 aliphatic rings. The molecular weight excluding hydrogens is 369 g/mol. The quantitative estimate of drug-likeness (QED) is 0.193. The van der Waals surface area contributed by atoms with E-state index < -0.39 is 0 Å². The third-order valence-electron chi connectivity index (χ3n) is 4.16. The molecule has 5 rings (SSSR count). The zero-order valence-electron chi connectivity index (χ0n) is 13.9. The van der Waals surface area contributed by atoms with Crippen molar-refractivity contribution in [1.29, 1.82) is 0 Å². The van der Waals surface area contributed by atoms with Gasteiger partial charge in [-0.25, -0.2) is 0 Å². The Bertz CT molecular complexity index is 857. The van der Waals surface area contributed by atoms with Crippen molar-refractivity contribution >= 4 is 10.8 Å². The van der Waals surface area contributed by atoms with Gasteiger partial charge in [0, 0.05) is 0 Å². The third kappa shape index (κ3) is 4.69. The summed E-state index contributed by atoms with van der Waals surface area (Å²) in [5, 5.41) is 2.66. The van der Waals surface area contributed by atoms with Crippen LogP contribution in [0.1, 0.15) is 11.1 Å². The maximum atomic E-state index is 3.30. The maximum absolute atomic E-state index is 3.30. The zero-order chi connectivity index (χ0) is 14.8. The minimum absolute atomic E-state index is 0. The van der Waals surface area contributed by atoms with Crippen LogP contribution in [-0.4, -0.2) is 0 Å². The Kier molecular flexibility index (Phi) is 9.78. The van der Waals surface area contributed by atoms with Gasteiger partial charge in [-0.2, -0.15) is 47.3 Å². The molecule has 0 N–H and O–H groups in total. The average molecular weight is 385 g/mol. The summed E-state index contributed by atoms with van der Waals surface area (Å²) in [7, 11) is 0. The van der Waals surface area contributed by atoms with Crippen LogP contribution in [0.15, 0.2) is 84.9 Å². The minimum Gasteiger partial charge on any atom is -1.00 e. The van der Waals surface area contributed by atoms with Gasteiger partial charge in [0.25, 0.3) is 0 Å². The van der Waals surface area contributed by atoms with Crippen LogP contribution in [0.25, 0.3) is 21.9 Å². The Labute approximate surface area is 166 Å². The SMILES string of the molecule is [F-].[F-].[F-].[Ti+3].[c-]1cccc2c1Cc1ccccc1-2.c1ccc2[cH-]ccc2c1. The summed E-state index contributed by atoms with van der Waals surface area (Å²) < 4.78 is 0. The molecule has 0 heterocycles. The van der Waals surface area contributed by atoms with Crippen LogP contribution in [0.3, 0.4) is 0 Å². The molecule has 1 aliphatic carbocycles. The van der Waals surface area contributed by atoms with E-state index in [2.05, 4.69) is 84.9 Å².